The van der Waals surface area contributed by atoms with Crippen LogP contribution >= 0.6 is 11.6 Å². The third-order valence-electron chi connectivity index (χ3n) is 2.51. The van der Waals surface area contributed by atoms with Gasteiger partial charge in [-0.05, 0) is 37.0 Å². The molecule has 2 rings (SSSR count). The van der Waals surface area contributed by atoms with Crippen LogP contribution in [0, 0.1) is 0 Å². The van der Waals surface area contributed by atoms with Gasteiger partial charge in [0.2, 0.25) is 0 Å². The van der Waals surface area contributed by atoms with Crippen molar-refractivity contribution in [2.75, 3.05) is 0 Å². The van der Waals surface area contributed by atoms with Gasteiger partial charge in [-0.1, -0.05) is 35.4 Å². The van der Waals surface area contributed by atoms with Crippen LogP contribution in [0.25, 0.3) is 0 Å². The Morgan fingerprint density at radius 2 is 2.29 bits per heavy atom. The molecule has 1 aromatic carbocycles. The normalized spacial score (nSPS) is 21.0. The molecule has 74 valence electrons. The molecule has 0 heterocycles. The monoisotopic (exact) mass is 208 g/mol. The largest absolute Gasteiger partial charge is 0.389 e. The number of hydrogen-bond donors (Lipinski definition) is 1. The molecular formula is C12H13ClO. The Kier molecular flexibility index (Phi) is 2.90. The van der Waals surface area contributed by atoms with Crippen molar-refractivity contribution < 1.29 is 5.11 Å². The second-order valence-corrected chi connectivity index (χ2v) is 4.17. The van der Waals surface area contributed by atoms with Gasteiger partial charge in [-0.15, -0.1) is 0 Å². The number of rotatable bonds is 2. The molecule has 0 amide bonds. The van der Waals surface area contributed by atoms with E-state index in [1.165, 1.54) is 11.1 Å². The van der Waals surface area contributed by atoms with Crippen molar-refractivity contribution in [3.63, 3.8) is 0 Å². The van der Waals surface area contributed by atoms with Crippen LogP contribution in [0.2, 0.25) is 5.02 Å². The van der Waals surface area contributed by atoms with E-state index < -0.39 is 0 Å². The molecule has 0 radical (unpaired) electrons. The molecule has 1 atom stereocenters. The number of aliphatic hydroxyl groups excluding tert-OH is 1. The van der Waals surface area contributed by atoms with Crippen LogP contribution in [-0.2, 0) is 6.42 Å². The fraction of sp³-hybridized carbons (Fsp3) is 0.333. The maximum atomic E-state index is 9.33. The van der Waals surface area contributed by atoms with Gasteiger partial charge in [0.05, 0.1) is 6.10 Å². The molecule has 0 fully saturated rings. The second-order valence-electron chi connectivity index (χ2n) is 3.74. The summed E-state index contributed by atoms with van der Waals surface area (Å²) in [7, 11) is 0. The van der Waals surface area contributed by atoms with Crippen molar-refractivity contribution in [3.05, 3.63) is 46.5 Å². The van der Waals surface area contributed by atoms with E-state index in [9.17, 15) is 5.11 Å². The van der Waals surface area contributed by atoms with Crippen LogP contribution in [0.4, 0.5) is 0 Å². The lowest BCUT2D eigenvalue weighted by Crippen LogP contribution is -1.93. The summed E-state index contributed by atoms with van der Waals surface area (Å²) in [5.74, 6) is 0. The van der Waals surface area contributed by atoms with Crippen LogP contribution in [-0.4, -0.2) is 11.2 Å². The van der Waals surface area contributed by atoms with Gasteiger partial charge in [-0.2, -0.15) is 0 Å². The van der Waals surface area contributed by atoms with Crippen molar-refractivity contribution in [3.8, 4) is 0 Å². The summed E-state index contributed by atoms with van der Waals surface area (Å²) in [5, 5.41) is 10.1. The number of hydrogen-bond acceptors (Lipinski definition) is 1. The zero-order valence-electron chi connectivity index (χ0n) is 7.91. The first-order valence-corrected chi connectivity index (χ1v) is 5.24. The number of allylic oxidation sites excluding steroid dienone is 1. The van der Waals surface area contributed by atoms with Crippen LogP contribution in [0.1, 0.15) is 18.4 Å². The maximum absolute atomic E-state index is 9.33. The van der Waals surface area contributed by atoms with Crippen LogP contribution in [0.5, 0.6) is 0 Å². The molecule has 0 spiro atoms. The second kappa shape index (κ2) is 4.16. The third-order valence-corrected chi connectivity index (χ3v) is 2.74. The van der Waals surface area contributed by atoms with Gasteiger partial charge >= 0.3 is 0 Å². The standard InChI is InChI=1S/C12H13ClO/c13-11-3-1-2-9(7-11)6-10-4-5-12(14)8-10/h1-3,7-8,12,14H,4-6H2. The average Bonchev–Trinajstić information content (AvgIpc) is 2.51. The predicted octanol–water partition coefficient (Wildman–Crippen LogP) is 2.96. The smallest absolute Gasteiger partial charge is 0.0726 e. The molecule has 1 unspecified atom stereocenters. The van der Waals surface area contributed by atoms with Crippen molar-refractivity contribution in [2.45, 2.75) is 25.4 Å². The van der Waals surface area contributed by atoms with E-state index in [1.807, 2.05) is 24.3 Å². The molecule has 0 saturated heterocycles. The Balaban J connectivity index is 2.08. The number of halogens is 1. The Labute approximate surface area is 89.0 Å². The molecule has 1 nitrogen and oxygen atoms in total. The highest BCUT2D eigenvalue weighted by molar-refractivity contribution is 6.30. The lowest BCUT2D eigenvalue weighted by atomic mass is 10.1. The van der Waals surface area contributed by atoms with Gasteiger partial charge in [0.25, 0.3) is 0 Å². The zero-order valence-corrected chi connectivity index (χ0v) is 8.67. The summed E-state index contributed by atoms with van der Waals surface area (Å²) in [5.41, 5.74) is 2.54. The van der Waals surface area contributed by atoms with Gasteiger partial charge in [0, 0.05) is 5.02 Å². The van der Waals surface area contributed by atoms with Crippen molar-refractivity contribution in [2.24, 2.45) is 0 Å². The van der Waals surface area contributed by atoms with Gasteiger partial charge < -0.3 is 5.11 Å². The third kappa shape index (κ3) is 2.37. The highest BCUT2D eigenvalue weighted by atomic mass is 35.5. The lowest BCUT2D eigenvalue weighted by Gasteiger charge is -2.02. The van der Waals surface area contributed by atoms with Crippen LogP contribution in [0.3, 0.4) is 0 Å². The van der Waals surface area contributed by atoms with Crippen LogP contribution < -0.4 is 0 Å². The molecule has 0 saturated carbocycles. The molecule has 0 aliphatic heterocycles. The minimum Gasteiger partial charge on any atom is -0.389 e. The van der Waals surface area contributed by atoms with Gasteiger partial charge in [-0.3, -0.25) is 0 Å². The Morgan fingerprint density at radius 1 is 1.43 bits per heavy atom. The Hall–Kier alpha value is -0.790. The average molecular weight is 209 g/mol. The number of benzene rings is 1. The quantitative estimate of drug-likeness (QED) is 0.741. The van der Waals surface area contributed by atoms with E-state index in [-0.39, 0.29) is 6.10 Å². The molecule has 1 aliphatic carbocycles. The van der Waals surface area contributed by atoms with Crippen molar-refractivity contribution >= 4 is 11.6 Å². The molecular weight excluding hydrogens is 196 g/mol. The first kappa shape index (κ1) is 9.75. The van der Waals surface area contributed by atoms with Gasteiger partial charge in [0.1, 0.15) is 0 Å². The van der Waals surface area contributed by atoms with Crippen LogP contribution in [0.15, 0.2) is 35.9 Å². The summed E-state index contributed by atoms with van der Waals surface area (Å²) in [6.45, 7) is 0. The molecule has 1 aromatic rings. The van der Waals surface area contributed by atoms with E-state index in [0.717, 1.165) is 24.3 Å². The Bertz CT molecular complexity index is 357. The first-order valence-electron chi connectivity index (χ1n) is 4.86. The molecule has 0 bridgehead atoms. The van der Waals surface area contributed by atoms with E-state index in [1.54, 1.807) is 0 Å². The zero-order chi connectivity index (χ0) is 9.97. The van der Waals surface area contributed by atoms with E-state index in [0.29, 0.717) is 0 Å². The molecule has 2 heteroatoms. The van der Waals surface area contributed by atoms with E-state index in [4.69, 9.17) is 11.6 Å². The highest BCUT2D eigenvalue weighted by Crippen LogP contribution is 2.23. The van der Waals surface area contributed by atoms with Crippen molar-refractivity contribution in [1.82, 2.24) is 0 Å². The summed E-state index contributed by atoms with van der Waals surface area (Å²) >= 11 is 5.89. The van der Waals surface area contributed by atoms with Gasteiger partial charge in [0.15, 0.2) is 0 Å². The summed E-state index contributed by atoms with van der Waals surface area (Å²) < 4.78 is 0. The SMILES string of the molecule is OC1C=C(Cc2cccc(Cl)c2)CC1. The maximum Gasteiger partial charge on any atom is 0.0726 e. The number of aliphatic hydroxyl groups is 1. The fourth-order valence-corrected chi connectivity index (χ4v) is 2.04. The summed E-state index contributed by atoms with van der Waals surface area (Å²) in [6.07, 6.45) is 4.52. The highest BCUT2D eigenvalue weighted by Gasteiger charge is 2.12. The van der Waals surface area contributed by atoms with Gasteiger partial charge in [-0.25, -0.2) is 0 Å². The fourth-order valence-electron chi connectivity index (χ4n) is 1.83. The minimum absolute atomic E-state index is 0.232. The summed E-state index contributed by atoms with van der Waals surface area (Å²) in [4.78, 5) is 0. The summed E-state index contributed by atoms with van der Waals surface area (Å²) in [6, 6.07) is 7.89. The van der Waals surface area contributed by atoms with E-state index in [2.05, 4.69) is 6.07 Å². The molecule has 14 heavy (non-hydrogen) atoms. The first-order chi connectivity index (χ1) is 6.74. The topological polar surface area (TPSA) is 20.2 Å². The molecule has 1 aliphatic rings. The van der Waals surface area contributed by atoms with Crippen molar-refractivity contribution in [1.29, 1.82) is 0 Å². The Morgan fingerprint density at radius 3 is 2.93 bits per heavy atom. The predicted molar refractivity (Wildman–Crippen MR) is 58.5 cm³/mol. The lowest BCUT2D eigenvalue weighted by molar-refractivity contribution is 0.223. The molecule has 1 N–H and O–H groups in total. The van der Waals surface area contributed by atoms with E-state index >= 15 is 0 Å². The minimum atomic E-state index is -0.232. The molecule has 0 aromatic heterocycles.